The lowest BCUT2D eigenvalue weighted by atomic mass is 9.92. The van der Waals surface area contributed by atoms with Gasteiger partial charge in [0.05, 0.1) is 17.5 Å². The Morgan fingerprint density at radius 3 is 2.72 bits per heavy atom. The Labute approximate surface area is 188 Å². The summed E-state index contributed by atoms with van der Waals surface area (Å²) in [6.45, 7) is 3.09. The number of carbonyl (C=O) groups is 2. The Kier molecular flexibility index (Phi) is 5.72. The van der Waals surface area contributed by atoms with Gasteiger partial charge in [0.2, 0.25) is 5.91 Å². The number of likely N-dealkylation sites (tertiary alicyclic amines) is 2. The molecule has 7 heteroatoms. The number of fused-ring (bicyclic) bond motifs is 1. The van der Waals surface area contributed by atoms with Crippen molar-refractivity contribution in [1.82, 2.24) is 24.6 Å². The van der Waals surface area contributed by atoms with E-state index in [1.54, 1.807) is 6.20 Å². The van der Waals surface area contributed by atoms with Crippen LogP contribution in [-0.4, -0.2) is 62.6 Å². The van der Waals surface area contributed by atoms with E-state index in [-0.39, 0.29) is 17.7 Å². The molecule has 4 heterocycles. The van der Waals surface area contributed by atoms with Crippen molar-refractivity contribution in [2.75, 3.05) is 26.2 Å². The summed E-state index contributed by atoms with van der Waals surface area (Å²) in [5.41, 5.74) is 4.00. The van der Waals surface area contributed by atoms with Crippen LogP contribution in [0.25, 0.3) is 10.9 Å². The van der Waals surface area contributed by atoms with Crippen molar-refractivity contribution in [3.63, 3.8) is 0 Å². The number of benzene rings is 1. The van der Waals surface area contributed by atoms with Gasteiger partial charge in [-0.05, 0) is 43.7 Å². The van der Waals surface area contributed by atoms with Gasteiger partial charge < -0.3 is 14.4 Å². The van der Waals surface area contributed by atoms with Gasteiger partial charge in [-0.3, -0.25) is 14.7 Å². The smallest absolute Gasteiger partial charge is 0.257 e. The third-order valence-corrected chi connectivity index (χ3v) is 7.06. The zero-order valence-electron chi connectivity index (χ0n) is 18.7. The molecule has 2 aromatic heterocycles. The number of hydrogen-bond donors (Lipinski definition) is 1. The van der Waals surface area contributed by atoms with Crippen molar-refractivity contribution in [2.24, 2.45) is 7.05 Å². The molecular formula is C25H31N5O2. The van der Waals surface area contributed by atoms with Crippen LogP contribution in [0, 0.1) is 0 Å². The first kappa shape index (κ1) is 20.8. The number of para-hydroxylation sites is 1. The van der Waals surface area contributed by atoms with E-state index < -0.39 is 0 Å². The van der Waals surface area contributed by atoms with E-state index in [9.17, 15) is 9.59 Å². The monoisotopic (exact) mass is 433 g/mol. The summed E-state index contributed by atoms with van der Waals surface area (Å²) in [4.78, 5) is 29.9. The highest BCUT2D eigenvalue weighted by molar-refractivity contribution is 5.95. The second kappa shape index (κ2) is 8.81. The SMILES string of the molecule is Cn1cc(CCC(=O)N2CCC[C@H](c3[nH]ncc3C(=O)N3CCCC3)C2)c2ccccc21. The number of aryl methyl sites for hydroxylation is 2. The number of piperidine rings is 1. The van der Waals surface area contributed by atoms with Gasteiger partial charge in [0.15, 0.2) is 0 Å². The summed E-state index contributed by atoms with van der Waals surface area (Å²) in [6, 6.07) is 8.34. The maximum Gasteiger partial charge on any atom is 0.257 e. The van der Waals surface area contributed by atoms with Crippen LogP contribution in [0.15, 0.2) is 36.7 Å². The molecule has 1 atom stereocenters. The first-order valence-electron chi connectivity index (χ1n) is 11.7. The number of nitrogens with zero attached hydrogens (tertiary/aromatic N) is 4. The molecule has 1 aromatic carbocycles. The summed E-state index contributed by atoms with van der Waals surface area (Å²) < 4.78 is 2.13. The van der Waals surface area contributed by atoms with Crippen molar-refractivity contribution in [1.29, 1.82) is 0 Å². The maximum atomic E-state index is 13.1. The molecule has 168 valence electrons. The topological polar surface area (TPSA) is 74.2 Å². The predicted molar refractivity (Wildman–Crippen MR) is 124 cm³/mol. The molecule has 2 amide bonds. The number of amides is 2. The lowest BCUT2D eigenvalue weighted by Gasteiger charge is -2.33. The van der Waals surface area contributed by atoms with E-state index in [2.05, 4.69) is 33.1 Å². The van der Waals surface area contributed by atoms with E-state index in [0.717, 1.165) is 57.4 Å². The van der Waals surface area contributed by atoms with Crippen molar-refractivity contribution in [3.8, 4) is 0 Å². The number of carbonyl (C=O) groups excluding carboxylic acids is 2. The highest BCUT2D eigenvalue weighted by Crippen LogP contribution is 2.30. The van der Waals surface area contributed by atoms with Gasteiger partial charge in [-0.15, -0.1) is 0 Å². The second-order valence-electron chi connectivity index (χ2n) is 9.16. The molecule has 2 fully saturated rings. The molecule has 2 aliphatic heterocycles. The Bertz CT molecular complexity index is 1120. The molecule has 0 spiro atoms. The summed E-state index contributed by atoms with van der Waals surface area (Å²) in [5.74, 6) is 0.398. The fourth-order valence-corrected chi connectivity index (χ4v) is 5.33. The minimum absolute atomic E-state index is 0.0747. The van der Waals surface area contributed by atoms with Crippen LogP contribution in [0.3, 0.4) is 0 Å². The Hall–Kier alpha value is -3.09. The summed E-state index contributed by atoms with van der Waals surface area (Å²) in [6.07, 6.45) is 9.10. The van der Waals surface area contributed by atoms with Crippen LogP contribution in [-0.2, 0) is 18.3 Å². The van der Waals surface area contributed by atoms with Gasteiger partial charge in [0, 0.05) is 62.7 Å². The van der Waals surface area contributed by atoms with Crippen molar-refractivity contribution in [3.05, 3.63) is 53.5 Å². The Morgan fingerprint density at radius 1 is 1.09 bits per heavy atom. The molecule has 0 unspecified atom stereocenters. The van der Waals surface area contributed by atoms with Gasteiger partial charge >= 0.3 is 0 Å². The molecule has 7 nitrogen and oxygen atoms in total. The fourth-order valence-electron chi connectivity index (χ4n) is 5.33. The van der Waals surface area contributed by atoms with Gasteiger partial charge in [0.25, 0.3) is 5.91 Å². The number of hydrogen-bond acceptors (Lipinski definition) is 3. The lowest BCUT2D eigenvalue weighted by Crippen LogP contribution is -2.40. The molecule has 0 saturated carbocycles. The summed E-state index contributed by atoms with van der Waals surface area (Å²) >= 11 is 0. The molecule has 1 N–H and O–H groups in total. The maximum absolute atomic E-state index is 13.1. The zero-order chi connectivity index (χ0) is 22.1. The second-order valence-corrected chi connectivity index (χ2v) is 9.16. The van der Waals surface area contributed by atoms with E-state index >= 15 is 0 Å². The number of rotatable bonds is 5. The molecule has 3 aromatic rings. The third-order valence-electron chi connectivity index (χ3n) is 7.06. The number of aromatic amines is 1. The van der Waals surface area contributed by atoms with Crippen LogP contribution in [0.4, 0.5) is 0 Å². The average Bonchev–Trinajstić information content (AvgIpc) is 3.58. The van der Waals surface area contributed by atoms with Gasteiger partial charge in [0.1, 0.15) is 0 Å². The average molecular weight is 434 g/mol. The quantitative estimate of drug-likeness (QED) is 0.670. The van der Waals surface area contributed by atoms with Crippen molar-refractivity contribution < 1.29 is 9.59 Å². The van der Waals surface area contributed by atoms with Crippen molar-refractivity contribution >= 4 is 22.7 Å². The highest BCUT2D eigenvalue weighted by Gasteiger charge is 2.31. The van der Waals surface area contributed by atoms with Crippen LogP contribution in [0.5, 0.6) is 0 Å². The molecule has 32 heavy (non-hydrogen) atoms. The molecule has 2 aliphatic rings. The largest absolute Gasteiger partial charge is 0.350 e. The van der Waals surface area contributed by atoms with Crippen LogP contribution >= 0.6 is 0 Å². The van der Waals surface area contributed by atoms with E-state index in [1.165, 1.54) is 16.5 Å². The van der Waals surface area contributed by atoms with Crippen LogP contribution < -0.4 is 0 Å². The van der Waals surface area contributed by atoms with E-state index in [4.69, 9.17) is 0 Å². The molecular weight excluding hydrogens is 402 g/mol. The highest BCUT2D eigenvalue weighted by atomic mass is 16.2. The lowest BCUT2D eigenvalue weighted by molar-refractivity contribution is -0.132. The minimum atomic E-state index is 0.0747. The predicted octanol–water partition coefficient (Wildman–Crippen LogP) is 3.48. The molecule has 0 radical (unpaired) electrons. The molecule has 2 saturated heterocycles. The van der Waals surface area contributed by atoms with E-state index in [1.807, 2.05) is 29.0 Å². The van der Waals surface area contributed by atoms with Gasteiger partial charge in [-0.2, -0.15) is 5.10 Å². The van der Waals surface area contributed by atoms with Gasteiger partial charge in [-0.1, -0.05) is 18.2 Å². The first-order valence-corrected chi connectivity index (χ1v) is 11.7. The molecule has 5 rings (SSSR count). The van der Waals surface area contributed by atoms with Gasteiger partial charge in [-0.25, -0.2) is 0 Å². The number of aromatic nitrogens is 3. The number of H-pyrrole nitrogens is 1. The fraction of sp³-hybridized carbons (Fsp3) is 0.480. The molecule has 0 bridgehead atoms. The van der Waals surface area contributed by atoms with Crippen molar-refractivity contribution in [2.45, 2.75) is 44.4 Å². The zero-order valence-corrected chi connectivity index (χ0v) is 18.7. The normalized spacial score (nSPS) is 19.1. The van der Waals surface area contributed by atoms with E-state index in [0.29, 0.717) is 18.5 Å². The standard InChI is InChI=1S/C25H31N5O2/c1-28-16-18(20-8-2-3-9-22(20)28)10-11-23(31)30-14-6-7-19(17-30)24-21(15-26-27-24)25(32)29-12-4-5-13-29/h2-3,8-9,15-16,19H,4-7,10-14,17H2,1H3,(H,26,27)/t19-/m0/s1. The molecule has 0 aliphatic carbocycles. The third kappa shape index (κ3) is 3.92. The summed E-state index contributed by atoms with van der Waals surface area (Å²) in [5, 5.41) is 8.49. The Balaban J connectivity index is 1.25. The Morgan fingerprint density at radius 2 is 1.88 bits per heavy atom. The minimum Gasteiger partial charge on any atom is -0.350 e. The van der Waals surface area contributed by atoms with Crippen LogP contribution in [0.1, 0.15) is 59.6 Å². The first-order chi connectivity index (χ1) is 15.6. The number of nitrogens with one attached hydrogen (secondary N) is 1. The summed E-state index contributed by atoms with van der Waals surface area (Å²) in [7, 11) is 2.05. The van der Waals surface area contributed by atoms with Crippen LogP contribution in [0.2, 0.25) is 0 Å².